The second kappa shape index (κ2) is 4.62. The van der Waals surface area contributed by atoms with Crippen LogP contribution in [-0.2, 0) is 0 Å². The van der Waals surface area contributed by atoms with E-state index in [0.717, 1.165) is 22.6 Å². The molecule has 2 rings (SSSR count). The molecule has 0 aliphatic rings. The van der Waals surface area contributed by atoms with Crippen LogP contribution in [0.25, 0.3) is 0 Å². The lowest BCUT2D eigenvalue weighted by molar-refractivity contribution is 1.47. The Labute approximate surface area is 95.5 Å². The van der Waals surface area contributed by atoms with Gasteiger partial charge < -0.3 is 5.73 Å². The smallest absolute Gasteiger partial charge is 0.0634 e. The summed E-state index contributed by atoms with van der Waals surface area (Å²) in [5.74, 6) is 0. The zero-order valence-corrected chi connectivity index (χ0v) is 9.22. The van der Waals surface area contributed by atoms with Gasteiger partial charge in [-0.1, -0.05) is 30.3 Å². The van der Waals surface area contributed by atoms with Gasteiger partial charge in [0.25, 0.3) is 0 Å². The summed E-state index contributed by atoms with van der Waals surface area (Å²) in [6.07, 6.45) is 0. The maximum Gasteiger partial charge on any atom is 0.0634 e. The Morgan fingerprint density at radius 1 is 0.938 bits per heavy atom. The fourth-order valence-electron chi connectivity index (χ4n) is 1.49. The summed E-state index contributed by atoms with van der Waals surface area (Å²) in [6.45, 7) is 2.01. The SMILES string of the molecule is CC(=Nc1ccc(N)cc1)c1ccccc1. The molecule has 0 heterocycles. The van der Waals surface area contributed by atoms with Crippen LogP contribution < -0.4 is 5.73 Å². The van der Waals surface area contributed by atoms with Crippen LogP contribution in [0.3, 0.4) is 0 Å². The zero-order valence-electron chi connectivity index (χ0n) is 9.22. The van der Waals surface area contributed by atoms with Gasteiger partial charge in [-0.15, -0.1) is 0 Å². The number of nitrogens with two attached hydrogens (primary N) is 1. The van der Waals surface area contributed by atoms with Gasteiger partial charge >= 0.3 is 0 Å². The lowest BCUT2D eigenvalue weighted by Crippen LogP contribution is -1.92. The van der Waals surface area contributed by atoms with Gasteiger partial charge in [-0.3, -0.25) is 4.99 Å². The molecule has 0 aliphatic heterocycles. The van der Waals surface area contributed by atoms with Crippen molar-refractivity contribution in [1.29, 1.82) is 0 Å². The highest BCUT2D eigenvalue weighted by atomic mass is 14.7. The molecule has 0 unspecified atom stereocenters. The summed E-state index contributed by atoms with van der Waals surface area (Å²) in [6, 6.07) is 17.7. The van der Waals surface area contributed by atoms with Gasteiger partial charge in [-0.05, 0) is 36.8 Å². The van der Waals surface area contributed by atoms with Gasteiger partial charge in [0.05, 0.1) is 5.69 Å². The van der Waals surface area contributed by atoms with Crippen molar-refractivity contribution in [2.75, 3.05) is 5.73 Å². The van der Waals surface area contributed by atoms with Crippen LogP contribution in [0, 0.1) is 0 Å². The molecule has 16 heavy (non-hydrogen) atoms. The maximum absolute atomic E-state index is 5.62. The number of hydrogen-bond acceptors (Lipinski definition) is 2. The summed E-state index contributed by atoms with van der Waals surface area (Å²) in [4.78, 5) is 4.53. The van der Waals surface area contributed by atoms with Crippen LogP contribution in [0.2, 0.25) is 0 Å². The lowest BCUT2D eigenvalue weighted by atomic mass is 10.1. The van der Waals surface area contributed by atoms with E-state index >= 15 is 0 Å². The van der Waals surface area contributed by atoms with Crippen LogP contribution in [0.5, 0.6) is 0 Å². The van der Waals surface area contributed by atoms with Crippen molar-refractivity contribution in [1.82, 2.24) is 0 Å². The summed E-state index contributed by atoms with van der Waals surface area (Å²) in [5.41, 5.74) is 9.45. The molecule has 80 valence electrons. The Bertz CT molecular complexity index is 484. The molecule has 2 N–H and O–H groups in total. The first-order chi connectivity index (χ1) is 7.75. The summed E-state index contributed by atoms with van der Waals surface area (Å²) >= 11 is 0. The van der Waals surface area contributed by atoms with Crippen molar-refractivity contribution in [3.05, 3.63) is 60.2 Å². The normalized spacial score (nSPS) is 11.4. The number of rotatable bonds is 2. The number of anilines is 1. The number of nitrogen functional groups attached to an aromatic ring is 1. The number of benzene rings is 2. The van der Waals surface area contributed by atoms with E-state index in [1.54, 1.807) is 0 Å². The lowest BCUT2D eigenvalue weighted by Gasteiger charge is -2.01. The first-order valence-electron chi connectivity index (χ1n) is 5.22. The van der Waals surface area contributed by atoms with Gasteiger partial charge in [0.2, 0.25) is 0 Å². The van der Waals surface area contributed by atoms with Crippen molar-refractivity contribution in [3.8, 4) is 0 Å². The van der Waals surface area contributed by atoms with E-state index in [1.807, 2.05) is 49.4 Å². The first kappa shape index (κ1) is 10.4. The summed E-state index contributed by atoms with van der Waals surface area (Å²) in [5, 5.41) is 0. The molecule has 2 nitrogen and oxygen atoms in total. The molecule has 0 amide bonds. The van der Waals surface area contributed by atoms with E-state index < -0.39 is 0 Å². The van der Waals surface area contributed by atoms with Crippen LogP contribution in [0.1, 0.15) is 12.5 Å². The standard InChI is InChI=1S/C14H14N2/c1-11(12-5-3-2-4-6-12)16-14-9-7-13(15)8-10-14/h2-10H,15H2,1H3. The maximum atomic E-state index is 5.62. The fraction of sp³-hybridized carbons (Fsp3) is 0.0714. The molecule has 0 saturated carbocycles. The molecule has 0 fully saturated rings. The molecule has 2 heteroatoms. The average Bonchev–Trinajstić information content (AvgIpc) is 2.33. The number of hydrogen-bond donors (Lipinski definition) is 1. The molecular formula is C14H14N2. The first-order valence-corrected chi connectivity index (χ1v) is 5.22. The van der Waals surface area contributed by atoms with Crippen LogP contribution in [0.15, 0.2) is 59.6 Å². The highest BCUT2D eigenvalue weighted by Crippen LogP contribution is 2.15. The molecule has 0 saturated heterocycles. The molecule has 0 atom stereocenters. The molecule has 0 aromatic heterocycles. The van der Waals surface area contributed by atoms with E-state index in [9.17, 15) is 0 Å². The molecule has 2 aromatic carbocycles. The monoisotopic (exact) mass is 210 g/mol. The second-order valence-electron chi connectivity index (χ2n) is 3.65. The largest absolute Gasteiger partial charge is 0.399 e. The molecule has 0 bridgehead atoms. The highest BCUT2D eigenvalue weighted by Gasteiger charge is 1.96. The third kappa shape index (κ3) is 2.48. The fourth-order valence-corrected chi connectivity index (χ4v) is 1.49. The molecule has 0 aliphatic carbocycles. The average molecular weight is 210 g/mol. The molecule has 0 radical (unpaired) electrons. The highest BCUT2D eigenvalue weighted by molar-refractivity contribution is 6.00. The van der Waals surface area contributed by atoms with E-state index in [1.165, 1.54) is 0 Å². The zero-order chi connectivity index (χ0) is 11.4. The van der Waals surface area contributed by atoms with Gasteiger partial charge in [0.1, 0.15) is 0 Å². The number of aliphatic imine (C=N–C) groups is 1. The summed E-state index contributed by atoms with van der Waals surface area (Å²) < 4.78 is 0. The van der Waals surface area contributed by atoms with Crippen LogP contribution >= 0.6 is 0 Å². The van der Waals surface area contributed by atoms with Crippen LogP contribution in [-0.4, -0.2) is 5.71 Å². The molecular weight excluding hydrogens is 196 g/mol. The quantitative estimate of drug-likeness (QED) is 0.598. The molecule has 0 spiro atoms. The van der Waals surface area contributed by atoms with Crippen molar-refractivity contribution in [2.24, 2.45) is 4.99 Å². The van der Waals surface area contributed by atoms with Crippen molar-refractivity contribution >= 4 is 17.1 Å². The van der Waals surface area contributed by atoms with Gasteiger partial charge in [-0.25, -0.2) is 0 Å². The Hall–Kier alpha value is -2.09. The summed E-state index contributed by atoms with van der Waals surface area (Å²) in [7, 11) is 0. The van der Waals surface area contributed by atoms with E-state index in [2.05, 4.69) is 17.1 Å². The van der Waals surface area contributed by atoms with E-state index in [0.29, 0.717) is 0 Å². The minimum Gasteiger partial charge on any atom is -0.399 e. The Morgan fingerprint density at radius 2 is 1.56 bits per heavy atom. The van der Waals surface area contributed by atoms with Gasteiger partial charge in [-0.2, -0.15) is 0 Å². The Kier molecular flexibility index (Phi) is 3.01. The minimum absolute atomic E-state index is 0.760. The van der Waals surface area contributed by atoms with Gasteiger partial charge in [0, 0.05) is 11.4 Å². The topological polar surface area (TPSA) is 38.4 Å². The predicted molar refractivity (Wildman–Crippen MR) is 69.2 cm³/mol. The second-order valence-corrected chi connectivity index (χ2v) is 3.65. The van der Waals surface area contributed by atoms with Crippen LogP contribution in [0.4, 0.5) is 11.4 Å². The Balaban J connectivity index is 2.28. The van der Waals surface area contributed by atoms with E-state index in [-0.39, 0.29) is 0 Å². The minimum atomic E-state index is 0.760. The van der Waals surface area contributed by atoms with Gasteiger partial charge in [0.15, 0.2) is 0 Å². The number of nitrogens with zero attached hydrogens (tertiary/aromatic N) is 1. The third-order valence-corrected chi connectivity index (χ3v) is 2.38. The predicted octanol–water partition coefficient (Wildman–Crippen LogP) is 3.41. The molecule has 2 aromatic rings. The van der Waals surface area contributed by atoms with Crippen molar-refractivity contribution < 1.29 is 0 Å². The van der Waals surface area contributed by atoms with E-state index in [4.69, 9.17) is 5.73 Å². The van der Waals surface area contributed by atoms with Crippen molar-refractivity contribution in [3.63, 3.8) is 0 Å². The third-order valence-electron chi connectivity index (χ3n) is 2.38. The Morgan fingerprint density at radius 3 is 2.19 bits per heavy atom. The van der Waals surface area contributed by atoms with Crippen molar-refractivity contribution in [2.45, 2.75) is 6.92 Å².